The molecule has 0 spiro atoms. The predicted molar refractivity (Wildman–Crippen MR) is 85.0 cm³/mol. The summed E-state index contributed by atoms with van der Waals surface area (Å²) in [6, 6.07) is 11.9. The van der Waals surface area contributed by atoms with Gasteiger partial charge in [0.25, 0.3) is 0 Å². The second-order valence-electron chi connectivity index (χ2n) is 5.68. The zero-order valence-corrected chi connectivity index (χ0v) is 13.7. The zero-order valence-electron chi connectivity index (χ0n) is 12.9. The number of phenols is 1. The van der Waals surface area contributed by atoms with Gasteiger partial charge in [-0.3, -0.25) is 0 Å². The largest absolute Gasteiger partial charge is 0.508 e. The SMILES string of the molecule is CCC(C)(C)Oc1ccc(S(=O)(=O)c2ccc(O)cc2)cc1. The van der Waals surface area contributed by atoms with E-state index >= 15 is 0 Å². The van der Waals surface area contributed by atoms with Crippen LogP contribution in [0, 0.1) is 0 Å². The van der Waals surface area contributed by atoms with Crippen molar-refractivity contribution in [2.24, 2.45) is 0 Å². The normalized spacial score (nSPS) is 12.1. The molecule has 0 saturated carbocycles. The molecule has 2 aromatic carbocycles. The van der Waals surface area contributed by atoms with Crippen LogP contribution in [-0.4, -0.2) is 19.1 Å². The smallest absolute Gasteiger partial charge is 0.206 e. The highest BCUT2D eigenvalue weighted by atomic mass is 32.2. The second kappa shape index (κ2) is 6.01. The van der Waals surface area contributed by atoms with Crippen molar-refractivity contribution in [2.75, 3.05) is 0 Å². The van der Waals surface area contributed by atoms with Crippen LogP contribution in [0.3, 0.4) is 0 Å². The topological polar surface area (TPSA) is 63.6 Å². The van der Waals surface area contributed by atoms with E-state index in [1.807, 2.05) is 20.8 Å². The molecule has 0 saturated heterocycles. The molecule has 0 heterocycles. The van der Waals surface area contributed by atoms with Gasteiger partial charge in [0.1, 0.15) is 17.1 Å². The quantitative estimate of drug-likeness (QED) is 0.910. The van der Waals surface area contributed by atoms with Crippen LogP contribution >= 0.6 is 0 Å². The lowest BCUT2D eigenvalue weighted by molar-refractivity contribution is 0.105. The molecule has 0 amide bonds. The van der Waals surface area contributed by atoms with Crippen molar-refractivity contribution in [3.63, 3.8) is 0 Å². The van der Waals surface area contributed by atoms with Crippen LogP contribution in [0.15, 0.2) is 58.3 Å². The summed E-state index contributed by atoms with van der Waals surface area (Å²) < 4.78 is 30.8. The standard InChI is InChI=1S/C17H20O4S/c1-4-17(2,3)21-14-7-11-16(12-8-14)22(19,20)15-9-5-13(18)6-10-15/h5-12,18H,4H2,1-3H3. The minimum Gasteiger partial charge on any atom is -0.508 e. The van der Waals surface area contributed by atoms with Gasteiger partial charge >= 0.3 is 0 Å². The van der Waals surface area contributed by atoms with Gasteiger partial charge in [0.2, 0.25) is 9.84 Å². The molecule has 22 heavy (non-hydrogen) atoms. The third-order valence-electron chi connectivity index (χ3n) is 3.53. The van der Waals surface area contributed by atoms with Gasteiger partial charge in [-0.2, -0.15) is 0 Å². The minimum absolute atomic E-state index is 0.0319. The van der Waals surface area contributed by atoms with Gasteiger partial charge in [-0.05, 0) is 68.8 Å². The molecule has 5 heteroatoms. The highest BCUT2D eigenvalue weighted by molar-refractivity contribution is 7.91. The Bertz CT molecular complexity index is 729. The Labute approximate surface area is 131 Å². The van der Waals surface area contributed by atoms with E-state index in [1.54, 1.807) is 12.1 Å². The molecule has 4 nitrogen and oxygen atoms in total. The van der Waals surface area contributed by atoms with E-state index in [-0.39, 0.29) is 21.1 Å². The lowest BCUT2D eigenvalue weighted by atomic mass is 10.1. The summed E-state index contributed by atoms with van der Waals surface area (Å²) >= 11 is 0. The Morgan fingerprint density at radius 2 is 1.41 bits per heavy atom. The summed E-state index contributed by atoms with van der Waals surface area (Å²) in [5, 5.41) is 9.25. The highest BCUT2D eigenvalue weighted by Crippen LogP contribution is 2.26. The average molecular weight is 320 g/mol. The number of benzene rings is 2. The molecule has 0 aromatic heterocycles. The number of phenolic OH excluding ortho intramolecular Hbond substituents is 1. The molecule has 2 rings (SSSR count). The van der Waals surface area contributed by atoms with Gasteiger partial charge in [0.15, 0.2) is 0 Å². The lowest BCUT2D eigenvalue weighted by Gasteiger charge is -2.24. The summed E-state index contributed by atoms with van der Waals surface area (Å²) in [6.07, 6.45) is 0.848. The van der Waals surface area contributed by atoms with Crippen LogP contribution in [0.1, 0.15) is 27.2 Å². The van der Waals surface area contributed by atoms with Gasteiger partial charge < -0.3 is 9.84 Å². The Morgan fingerprint density at radius 1 is 0.955 bits per heavy atom. The van der Waals surface area contributed by atoms with Crippen molar-refractivity contribution in [1.29, 1.82) is 0 Å². The molecular weight excluding hydrogens is 300 g/mol. The van der Waals surface area contributed by atoms with Gasteiger partial charge in [-0.25, -0.2) is 8.42 Å². The fourth-order valence-electron chi connectivity index (χ4n) is 1.84. The maximum atomic E-state index is 12.5. The minimum atomic E-state index is -3.59. The van der Waals surface area contributed by atoms with Crippen molar-refractivity contribution >= 4 is 9.84 Å². The summed E-state index contributed by atoms with van der Waals surface area (Å²) in [5.74, 6) is 0.668. The highest BCUT2D eigenvalue weighted by Gasteiger charge is 2.19. The number of aromatic hydroxyl groups is 1. The molecule has 0 unspecified atom stereocenters. The predicted octanol–water partition coefficient (Wildman–Crippen LogP) is 3.79. The average Bonchev–Trinajstić information content (AvgIpc) is 2.48. The maximum absolute atomic E-state index is 12.5. The van der Waals surface area contributed by atoms with Crippen molar-refractivity contribution in [3.05, 3.63) is 48.5 Å². The molecule has 0 fully saturated rings. The zero-order chi connectivity index (χ0) is 16.4. The van der Waals surface area contributed by atoms with Gasteiger partial charge in [0, 0.05) is 0 Å². The van der Waals surface area contributed by atoms with Crippen molar-refractivity contribution in [2.45, 2.75) is 42.6 Å². The van der Waals surface area contributed by atoms with Crippen molar-refractivity contribution in [3.8, 4) is 11.5 Å². The maximum Gasteiger partial charge on any atom is 0.206 e. The second-order valence-corrected chi connectivity index (χ2v) is 7.63. The lowest BCUT2D eigenvalue weighted by Crippen LogP contribution is -2.26. The van der Waals surface area contributed by atoms with Crippen LogP contribution < -0.4 is 4.74 Å². The Balaban J connectivity index is 2.28. The number of hydrogen-bond acceptors (Lipinski definition) is 4. The van der Waals surface area contributed by atoms with Crippen LogP contribution in [-0.2, 0) is 9.84 Å². The van der Waals surface area contributed by atoms with Crippen LogP contribution in [0.2, 0.25) is 0 Å². The van der Waals surface area contributed by atoms with E-state index in [0.29, 0.717) is 5.75 Å². The Kier molecular flexibility index (Phi) is 4.47. The Morgan fingerprint density at radius 3 is 1.86 bits per heavy atom. The third kappa shape index (κ3) is 3.60. The summed E-state index contributed by atoms with van der Waals surface area (Å²) in [5.41, 5.74) is -0.294. The van der Waals surface area contributed by atoms with E-state index in [0.717, 1.165) is 6.42 Å². The number of rotatable bonds is 5. The summed E-state index contributed by atoms with van der Waals surface area (Å²) in [4.78, 5) is 0.340. The van der Waals surface area contributed by atoms with Gasteiger partial charge in [-0.15, -0.1) is 0 Å². The third-order valence-corrected chi connectivity index (χ3v) is 5.31. The molecule has 0 aliphatic rings. The number of ether oxygens (including phenoxy) is 1. The van der Waals surface area contributed by atoms with Crippen molar-refractivity contribution < 1.29 is 18.3 Å². The van der Waals surface area contributed by atoms with E-state index in [9.17, 15) is 13.5 Å². The molecule has 0 aliphatic heterocycles. The molecule has 1 N–H and O–H groups in total. The fourth-order valence-corrected chi connectivity index (χ4v) is 3.10. The van der Waals surface area contributed by atoms with Crippen LogP contribution in [0.5, 0.6) is 11.5 Å². The molecule has 0 bridgehead atoms. The van der Waals surface area contributed by atoms with E-state index < -0.39 is 9.84 Å². The summed E-state index contributed by atoms with van der Waals surface area (Å²) in [7, 11) is -3.59. The monoisotopic (exact) mass is 320 g/mol. The first-order valence-electron chi connectivity index (χ1n) is 7.08. The van der Waals surface area contributed by atoms with Gasteiger partial charge in [0.05, 0.1) is 9.79 Å². The molecular formula is C17H20O4S. The first kappa shape index (κ1) is 16.4. The molecule has 118 valence electrons. The van der Waals surface area contributed by atoms with Crippen molar-refractivity contribution in [1.82, 2.24) is 0 Å². The van der Waals surface area contributed by atoms with E-state index in [2.05, 4.69) is 0 Å². The molecule has 0 aliphatic carbocycles. The molecule has 0 atom stereocenters. The summed E-state index contributed by atoms with van der Waals surface area (Å²) in [6.45, 7) is 5.99. The fraction of sp³-hybridized carbons (Fsp3) is 0.294. The van der Waals surface area contributed by atoms with Gasteiger partial charge in [-0.1, -0.05) is 6.92 Å². The Hall–Kier alpha value is -2.01. The van der Waals surface area contributed by atoms with E-state index in [1.165, 1.54) is 36.4 Å². The molecule has 0 radical (unpaired) electrons. The number of hydrogen-bond donors (Lipinski definition) is 1. The first-order valence-corrected chi connectivity index (χ1v) is 8.56. The van der Waals surface area contributed by atoms with E-state index in [4.69, 9.17) is 4.74 Å². The molecule has 2 aromatic rings. The number of sulfone groups is 1. The van der Waals surface area contributed by atoms with Crippen LogP contribution in [0.25, 0.3) is 0 Å². The first-order chi connectivity index (χ1) is 10.2. The van der Waals surface area contributed by atoms with Crippen LogP contribution in [0.4, 0.5) is 0 Å².